The molecule has 2 heterocycles. The van der Waals surface area contributed by atoms with Gasteiger partial charge >= 0.3 is 0 Å². The zero-order valence-electron chi connectivity index (χ0n) is 15.4. The largest absolute Gasteiger partial charge is 0.364 e. The number of para-hydroxylation sites is 1. The number of aromatic nitrogens is 3. The van der Waals surface area contributed by atoms with Crippen molar-refractivity contribution in [3.05, 3.63) is 78.8 Å². The SMILES string of the molecule is CCN(c1ccccc1)c1c(C(N)=O)nnc2cc(-c3ccncc3)ccc12. The summed E-state index contributed by atoms with van der Waals surface area (Å²) in [6.07, 6.45) is 3.50. The fourth-order valence-electron chi connectivity index (χ4n) is 3.33. The quantitative estimate of drug-likeness (QED) is 0.576. The van der Waals surface area contributed by atoms with Crippen LogP contribution in [0.15, 0.2) is 73.1 Å². The zero-order valence-corrected chi connectivity index (χ0v) is 15.4. The van der Waals surface area contributed by atoms with Crippen LogP contribution in [0.3, 0.4) is 0 Å². The van der Waals surface area contributed by atoms with E-state index in [0.717, 1.165) is 22.2 Å². The second-order valence-electron chi connectivity index (χ2n) is 6.31. The van der Waals surface area contributed by atoms with E-state index < -0.39 is 5.91 Å². The molecule has 4 aromatic rings. The first kappa shape index (κ1) is 17.6. The van der Waals surface area contributed by atoms with Crippen molar-refractivity contribution in [2.75, 3.05) is 11.4 Å². The van der Waals surface area contributed by atoms with E-state index >= 15 is 0 Å². The first-order chi connectivity index (χ1) is 13.7. The normalized spacial score (nSPS) is 10.8. The van der Waals surface area contributed by atoms with Crippen molar-refractivity contribution in [2.45, 2.75) is 6.92 Å². The van der Waals surface area contributed by atoms with Crippen LogP contribution < -0.4 is 10.6 Å². The van der Waals surface area contributed by atoms with Crippen LogP contribution >= 0.6 is 0 Å². The Morgan fingerprint density at radius 1 is 0.964 bits per heavy atom. The molecule has 1 amide bonds. The highest BCUT2D eigenvalue weighted by molar-refractivity contribution is 6.06. The summed E-state index contributed by atoms with van der Waals surface area (Å²) in [4.78, 5) is 18.2. The van der Waals surface area contributed by atoms with Gasteiger partial charge in [-0.05, 0) is 54.4 Å². The Morgan fingerprint density at radius 3 is 2.39 bits per heavy atom. The molecule has 0 saturated carbocycles. The molecule has 0 aliphatic heterocycles. The lowest BCUT2D eigenvalue weighted by molar-refractivity contribution is 0.0995. The Bertz CT molecular complexity index is 1130. The Labute approximate surface area is 162 Å². The molecule has 0 atom stereocenters. The molecule has 2 N–H and O–H groups in total. The molecule has 28 heavy (non-hydrogen) atoms. The number of hydrogen-bond donors (Lipinski definition) is 1. The Hall–Kier alpha value is -3.80. The summed E-state index contributed by atoms with van der Waals surface area (Å²) in [7, 11) is 0. The first-order valence-corrected chi connectivity index (χ1v) is 9.02. The molecule has 4 rings (SSSR count). The van der Waals surface area contributed by atoms with Gasteiger partial charge in [-0.25, -0.2) is 0 Å². The number of nitrogens with zero attached hydrogens (tertiary/aromatic N) is 4. The number of benzene rings is 2. The lowest BCUT2D eigenvalue weighted by atomic mass is 10.0. The maximum atomic E-state index is 12.1. The molecule has 0 spiro atoms. The molecule has 0 aliphatic carbocycles. The number of rotatable bonds is 5. The number of primary amides is 1. The van der Waals surface area contributed by atoms with Gasteiger partial charge in [0, 0.05) is 30.0 Å². The van der Waals surface area contributed by atoms with Crippen molar-refractivity contribution >= 4 is 28.2 Å². The van der Waals surface area contributed by atoms with Crippen LogP contribution in [0.1, 0.15) is 17.4 Å². The first-order valence-electron chi connectivity index (χ1n) is 9.02. The van der Waals surface area contributed by atoms with Gasteiger partial charge < -0.3 is 10.6 Å². The lowest BCUT2D eigenvalue weighted by Crippen LogP contribution is -2.24. The Kier molecular flexibility index (Phi) is 4.68. The maximum Gasteiger partial charge on any atom is 0.271 e. The van der Waals surface area contributed by atoms with E-state index in [-0.39, 0.29) is 5.69 Å². The number of carbonyl (C=O) groups is 1. The molecule has 2 aromatic carbocycles. The number of carbonyl (C=O) groups excluding carboxylic acids is 1. The minimum absolute atomic E-state index is 0.162. The number of nitrogens with two attached hydrogens (primary N) is 1. The summed E-state index contributed by atoms with van der Waals surface area (Å²) in [5.74, 6) is -0.600. The Morgan fingerprint density at radius 2 is 1.71 bits per heavy atom. The van der Waals surface area contributed by atoms with E-state index in [4.69, 9.17) is 5.73 Å². The second kappa shape index (κ2) is 7.44. The van der Waals surface area contributed by atoms with Crippen LogP contribution in [-0.4, -0.2) is 27.6 Å². The third kappa shape index (κ3) is 3.16. The number of pyridine rings is 1. The maximum absolute atomic E-state index is 12.1. The van der Waals surface area contributed by atoms with Crippen LogP contribution in [-0.2, 0) is 0 Å². The molecule has 0 fully saturated rings. The van der Waals surface area contributed by atoms with Crippen molar-refractivity contribution in [1.82, 2.24) is 15.2 Å². The van der Waals surface area contributed by atoms with Crippen LogP contribution in [0.2, 0.25) is 0 Å². The summed E-state index contributed by atoms with van der Waals surface area (Å²) in [6, 6.07) is 19.7. The molecule has 0 radical (unpaired) electrons. The molecular weight excluding hydrogens is 350 g/mol. The second-order valence-corrected chi connectivity index (χ2v) is 6.31. The van der Waals surface area contributed by atoms with Gasteiger partial charge in [0.15, 0.2) is 5.69 Å². The van der Waals surface area contributed by atoms with E-state index in [2.05, 4.69) is 15.2 Å². The third-order valence-electron chi connectivity index (χ3n) is 4.64. The van der Waals surface area contributed by atoms with Crippen molar-refractivity contribution in [3.63, 3.8) is 0 Å². The van der Waals surface area contributed by atoms with E-state index in [1.165, 1.54) is 0 Å². The lowest BCUT2D eigenvalue weighted by Gasteiger charge is -2.25. The molecule has 0 saturated heterocycles. The van der Waals surface area contributed by atoms with Gasteiger partial charge in [-0.3, -0.25) is 9.78 Å². The summed E-state index contributed by atoms with van der Waals surface area (Å²) < 4.78 is 0. The minimum Gasteiger partial charge on any atom is -0.364 e. The smallest absolute Gasteiger partial charge is 0.271 e. The van der Waals surface area contributed by atoms with Gasteiger partial charge in [-0.1, -0.05) is 24.3 Å². The van der Waals surface area contributed by atoms with Crippen LogP contribution in [0.4, 0.5) is 11.4 Å². The molecular formula is C22H19N5O. The molecule has 0 aliphatic rings. The van der Waals surface area contributed by atoms with Gasteiger partial charge in [0.25, 0.3) is 5.91 Å². The van der Waals surface area contributed by atoms with E-state index in [0.29, 0.717) is 17.7 Å². The van der Waals surface area contributed by atoms with Gasteiger partial charge in [0.2, 0.25) is 0 Å². The average molecular weight is 369 g/mol. The van der Waals surface area contributed by atoms with Crippen molar-refractivity contribution in [1.29, 1.82) is 0 Å². The highest BCUT2D eigenvalue weighted by Crippen LogP contribution is 2.35. The highest BCUT2D eigenvalue weighted by Gasteiger charge is 2.21. The standard InChI is InChI=1S/C22H19N5O/c1-2-27(17-6-4-3-5-7-17)21-18-9-8-16(15-10-12-24-13-11-15)14-19(18)25-26-20(21)22(23)28/h3-14H,2H2,1H3,(H2,23,28). The van der Waals surface area contributed by atoms with E-state index in [9.17, 15) is 4.79 Å². The molecule has 6 nitrogen and oxygen atoms in total. The third-order valence-corrected chi connectivity index (χ3v) is 4.64. The van der Waals surface area contributed by atoms with Gasteiger partial charge in [-0.15, -0.1) is 10.2 Å². The van der Waals surface area contributed by atoms with Crippen molar-refractivity contribution in [3.8, 4) is 11.1 Å². The molecule has 0 bridgehead atoms. The monoisotopic (exact) mass is 369 g/mol. The molecule has 2 aromatic heterocycles. The molecule has 6 heteroatoms. The fourth-order valence-corrected chi connectivity index (χ4v) is 3.33. The summed E-state index contributed by atoms with van der Waals surface area (Å²) in [5, 5.41) is 9.25. The van der Waals surface area contributed by atoms with Crippen LogP contribution in [0.5, 0.6) is 0 Å². The average Bonchev–Trinajstić information content (AvgIpc) is 2.75. The number of fused-ring (bicyclic) bond motifs is 1. The Balaban J connectivity index is 1.94. The van der Waals surface area contributed by atoms with Gasteiger partial charge in [0.05, 0.1) is 11.2 Å². The van der Waals surface area contributed by atoms with Crippen molar-refractivity contribution < 1.29 is 4.79 Å². The molecule has 138 valence electrons. The number of amides is 1. The number of anilines is 2. The van der Waals surface area contributed by atoms with Crippen LogP contribution in [0.25, 0.3) is 22.0 Å². The van der Waals surface area contributed by atoms with Gasteiger partial charge in [-0.2, -0.15) is 0 Å². The number of hydrogen-bond acceptors (Lipinski definition) is 5. The zero-order chi connectivity index (χ0) is 19.5. The fraction of sp³-hybridized carbons (Fsp3) is 0.0909. The summed E-state index contributed by atoms with van der Waals surface area (Å²) in [6.45, 7) is 2.67. The van der Waals surface area contributed by atoms with Gasteiger partial charge in [0.1, 0.15) is 0 Å². The predicted octanol–water partition coefficient (Wildman–Crippen LogP) is 3.95. The topological polar surface area (TPSA) is 85.0 Å². The summed E-state index contributed by atoms with van der Waals surface area (Å²) >= 11 is 0. The van der Waals surface area contributed by atoms with E-state index in [1.54, 1.807) is 12.4 Å². The highest BCUT2D eigenvalue weighted by atomic mass is 16.1. The minimum atomic E-state index is -0.600. The summed E-state index contributed by atoms with van der Waals surface area (Å²) in [5.41, 5.74) is 10.2. The van der Waals surface area contributed by atoms with Crippen LogP contribution in [0, 0.1) is 0 Å². The predicted molar refractivity (Wildman–Crippen MR) is 110 cm³/mol. The van der Waals surface area contributed by atoms with E-state index in [1.807, 2.05) is 72.5 Å². The molecule has 0 unspecified atom stereocenters. The van der Waals surface area contributed by atoms with Crippen molar-refractivity contribution in [2.24, 2.45) is 5.73 Å².